The summed E-state index contributed by atoms with van der Waals surface area (Å²) in [6, 6.07) is 17.0. The van der Waals surface area contributed by atoms with Crippen LogP contribution in [0.25, 0.3) is 16.6 Å². The van der Waals surface area contributed by atoms with E-state index in [0.717, 1.165) is 0 Å². The standard InChI is InChI=1S/C31H26ClN7O3/c1-18(2)42-31(41)20-12-13-21(34-16-20)14-15-23-27(33)35-17-36-28(23)37-19(3)29-38-25-11-7-10-24(32)26(25)30(40)39(29)22-8-5-4-6-9-22/h4-13,16-19H,1-3H3,(H3,33,35,36,37). The number of benzene rings is 2. The predicted molar refractivity (Wildman–Crippen MR) is 162 cm³/mol. The average molecular weight is 580 g/mol. The van der Waals surface area contributed by atoms with E-state index in [1.54, 1.807) is 44.2 Å². The minimum absolute atomic E-state index is 0.156. The SMILES string of the molecule is CC(C)OC(=O)c1ccc(C#Cc2c(N)ncnc2NC(C)c2nc3cccc(Cl)c3c(=O)n2-c2ccccc2)nc1. The van der Waals surface area contributed by atoms with Crippen LogP contribution in [0.5, 0.6) is 0 Å². The normalized spacial score (nSPS) is 11.5. The van der Waals surface area contributed by atoms with Crippen molar-refractivity contribution in [2.24, 2.45) is 0 Å². The Morgan fingerprint density at radius 2 is 1.79 bits per heavy atom. The number of halogens is 1. The molecule has 5 aromatic rings. The summed E-state index contributed by atoms with van der Waals surface area (Å²) >= 11 is 6.41. The number of ether oxygens (including phenoxy) is 1. The van der Waals surface area contributed by atoms with Gasteiger partial charge in [0.05, 0.1) is 39.3 Å². The van der Waals surface area contributed by atoms with E-state index in [-0.39, 0.29) is 17.5 Å². The van der Waals surface area contributed by atoms with Crippen LogP contribution < -0.4 is 16.6 Å². The van der Waals surface area contributed by atoms with Gasteiger partial charge in [0.15, 0.2) is 0 Å². The number of nitrogen functional groups attached to an aromatic ring is 1. The van der Waals surface area contributed by atoms with E-state index < -0.39 is 12.0 Å². The Labute approximate surface area is 246 Å². The summed E-state index contributed by atoms with van der Waals surface area (Å²) in [5.41, 5.74) is 8.06. The maximum Gasteiger partial charge on any atom is 0.339 e. The highest BCUT2D eigenvalue weighted by Crippen LogP contribution is 2.26. The Morgan fingerprint density at radius 1 is 1.00 bits per heavy atom. The number of hydrogen-bond acceptors (Lipinski definition) is 9. The molecule has 1 atom stereocenters. The third-order valence-corrected chi connectivity index (χ3v) is 6.48. The van der Waals surface area contributed by atoms with Crippen LogP contribution in [0.3, 0.4) is 0 Å². The molecule has 1 unspecified atom stereocenters. The number of fused-ring (bicyclic) bond motifs is 1. The summed E-state index contributed by atoms with van der Waals surface area (Å²) in [7, 11) is 0. The van der Waals surface area contributed by atoms with E-state index in [2.05, 4.69) is 32.1 Å². The fourth-order valence-electron chi connectivity index (χ4n) is 4.22. The van der Waals surface area contributed by atoms with Crippen LogP contribution in [0.15, 0.2) is 78.0 Å². The molecular weight excluding hydrogens is 554 g/mol. The van der Waals surface area contributed by atoms with Gasteiger partial charge < -0.3 is 15.8 Å². The molecule has 42 heavy (non-hydrogen) atoms. The second-order valence-electron chi connectivity index (χ2n) is 9.56. The molecule has 5 rings (SSSR count). The first kappa shape index (κ1) is 28.3. The zero-order chi connectivity index (χ0) is 29.8. The van der Waals surface area contributed by atoms with Crippen LogP contribution in [0.1, 0.15) is 54.3 Å². The molecule has 0 aliphatic carbocycles. The van der Waals surface area contributed by atoms with Gasteiger partial charge >= 0.3 is 5.97 Å². The van der Waals surface area contributed by atoms with Crippen molar-refractivity contribution in [1.29, 1.82) is 0 Å². The molecule has 0 aliphatic heterocycles. The maximum absolute atomic E-state index is 13.7. The molecule has 0 amide bonds. The van der Waals surface area contributed by atoms with Gasteiger partial charge in [0.25, 0.3) is 5.56 Å². The molecule has 0 bridgehead atoms. The van der Waals surface area contributed by atoms with Gasteiger partial charge in [0.1, 0.15) is 35.0 Å². The Balaban J connectivity index is 1.51. The number of esters is 1. The molecule has 0 aliphatic rings. The molecule has 11 heteroatoms. The van der Waals surface area contributed by atoms with Gasteiger partial charge in [-0.15, -0.1) is 0 Å². The maximum atomic E-state index is 13.7. The van der Waals surface area contributed by atoms with E-state index in [9.17, 15) is 9.59 Å². The summed E-state index contributed by atoms with van der Waals surface area (Å²) in [5, 5.41) is 3.94. The van der Waals surface area contributed by atoms with Gasteiger partial charge in [-0.1, -0.05) is 41.8 Å². The smallest absolute Gasteiger partial charge is 0.339 e. The highest BCUT2D eigenvalue weighted by atomic mass is 35.5. The third kappa shape index (κ3) is 5.92. The van der Waals surface area contributed by atoms with Crippen molar-refractivity contribution in [1.82, 2.24) is 24.5 Å². The van der Waals surface area contributed by atoms with Gasteiger partial charge in [-0.3, -0.25) is 9.36 Å². The van der Waals surface area contributed by atoms with Crippen LogP contribution in [-0.2, 0) is 4.74 Å². The lowest BCUT2D eigenvalue weighted by Gasteiger charge is -2.21. The number of aromatic nitrogens is 5. The highest BCUT2D eigenvalue weighted by molar-refractivity contribution is 6.35. The minimum atomic E-state index is -0.527. The van der Waals surface area contributed by atoms with Gasteiger partial charge in [-0.05, 0) is 63.1 Å². The number of carbonyl (C=O) groups is 1. The highest BCUT2D eigenvalue weighted by Gasteiger charge is 2.21. The quantitative estimate of drug-likeness (QED) is 0.211. The first-order valence-electron chi connectivity index (χ1n) is 13.1. The molecule has 3 N–H and O–H groups in total. The lowest BCUT2D eigenvalue weighted by atomic mass is 10.2. The second-order valence-corrected chi connectivity index (χ2v) is 9.97. The number of nitrogens with two attached hydrogens (primary N) is 1. The topological polar surface area (TPSA) is 138 Å². The number of rotatable bonds is 6. The van der Waals surface area contributed by atoms with Gasteiger partial charge in [-0.2, -0.15) is 0 Å². The summed E-state index contributed by atoms with van der Waals surface area (Å²) in [5.74, 6) is 6.40. The van der Waals surface area contributed by atoms with Crippen molar-refractivity contribution in [3.05, 3.63) is 111 Å². The number of para-hydroxylation sites is 1. The molecule has 0 saturated carbocycles. The molecule has 2 aromatic carbocycles. The number of nitrogens with one attached hydrogen (secondary N) is 1. The van der Waals surface area contributed by atoms with Gasteiger partial charge in [0.2, 0.25) is 0 Å². The predicted octanol–water partition coefficient (Wildman–Crippen LogP) is 4.94. The van der Waals surface area contributed by atoms with Crippen LogP contribution in [-0.4, -0.2) is 36.6 Å². The molecule has 0 saturated heterocycles. The van der Waals surface area contributed by atoms with Crippen LogP contribution in [0.2, 0.25) is 5.02 Å². The number of carbonyl (C=O) groups excluding carboxylic acids is 1. The minimum Gasteiger partial charge on any atom is -0.459 e. The molecule has 210 valence electrons. The zero-order valence-electron chi connectivity index (χ0n) is 23.0. The Kier molecular flexibility index (Phi) is 8.13. The number of hydrogen-bond donors (Lipinski definition) is 2. The second kappa shape index (κ2) is 12.1. The Hall–Kier alpha value is -5.27. The average Bonchev–Trinajstić information content (AvgIpc) is 2.97. The summed E-state index contributed by atoms with van der Waals surface area (Å²) in [6.07, 6.45) is 2.48. The largest absolute Gasteiger partial charge is 0.459 e. The summed E-state index contributed by atoms with van der Waals surface area (Å²) < 4.78 is 6.72. The van der Waals surface area contributed by atoms with Crippen LogP contribution in [0, 0.1) is 11.8 Å². The van der Waals surface area contributed by atoms with Gasteiger partial charge in [0, 0.05) is 6.20 Å². The summed E-state index contributed by atoms with van der Waals surface area (Å²) in [4.78, 5) is 43.3. The van der Waals surface area contributed by atoms with Crippen LogP contribution >= 0.6 is 11.6 Å². The molecular formula is C31H26ClN7O3. The fourth-order valence-corrected chi connectivity index (χ4v) is 4.47. The van der Waals surface area contributed by atoms with Crippen molar-refractivity contribution < 1.29 is 9.53 Å². The van der Waals surface area contributed by atoms with Crippen molar-refractivity contribution in [2.75, 3.05) is 11.1 Å². The van der Waals surface area contributed by atoms with Crippen molar-refractivity contribution in [3.63, 3.8) is 0 Å². The van der Waals surface area contributed by atoms with Crippen molar-refractivity contribution in [2.45, 2.75) is 32.9 Å². The molecule has 0 radical (unpaired) electrons. The summed E-state index contributed by atoms with van der Waals surface area (Å²) in [6.45, 7) is 5.40. The fraction of sp³-hybridized carbons (Fsp3) is 0.161. The van der Waals surface area contributed by atoms with Crippen molar-refractivity contribution >= 4 is 40.1 Å². The van der Waals surface area contributed by atoms with E-state index in [1.165, 1.54) is 17.1 Å². The number of anilines is 2. The molecule has 3 heterocycles. The van der Waals surface area contributed by atoms with E-state index in [1.807, 2.05) is 37.3 Å². The van der Waals surface area contributed by atoms with E-state index in [0.29, 0.717) is 50.1 Å². The van der Waals surface area contributed by atoms with E-state index >= 15 is 0 Å². The number of pyridine rings is 1. The number of nitrogens with zero attached hydrogens (tertiary/aromatic N) is 5. The molecule has 0 fully saturated rings. The third-order valence-electron chi connectivity index (χ3n) is 6.16. The van der Waals surface area contributed by atoms with Crippen LogP contribution in [0.4, 0.5) is 11.6 Å². The molecule has 10 nitrogen and oxygen atoms in total. The zero-order valence-corrected chi connectivity index (χ0v) is 23.8. The molecule has 3 aromatic heterocycles. The van der Waals surface area contributed by atoms with E-state index in [4.69, 9.17) is 27.1 Å². The monoisotopic (exact) mass is 579 g/mol. The Bertz CT molecular complexity index is 1900. The lowest BCUT2D eigenvalue weighted by molar-refractivity contribution is 0.0377. The Morgan fingerprint density at radius 3 is 2.50 bits per heavy atom. The first-order valence-corrected chi connectivity index (χ1v) is 13.4. The van der Waals surface area contributed by atoms with Crippen molar-refractivity contribution in [3.8, 4) is 17.5 Å². The lowest BCUT2D eigenvalue weighted by Crippen LogP contribution is -2.27. The molecule has 0 spiro atoms. The van der Waals surface area contributed by atoms with Gasteiger partial charge in [-0.25, -0.2) is 24.7 Å². The first-order chi connectivity index (χ1) is 20.2.